The predicted octanol–water partition coefficient (Wildman–Crippen LogP) is 6.91. The molecule has 3 heterocycles. The van der Waals surface area contributed by atoms with E-state index in [-0.39, 0.29) is 47.6 Å². The van der Waals surface area contributed by atoms with Crippen molar-refractivity contribution < 1.29 is 22.6 Å². The van der Waals surface area contributed by atoms with Gasteiger partial charge in [-0.2, -0.15) is 0 Å². The number of hydrogen-bond donors (Lipinski definition) is 1. The van der Waals surface area contributed by atoms with Crippen molar-refractivity contribution in [2.75, 3.05) is 17.9 Å². The Bertz CT molecular complexity index is 1920. The van der Waals surface area contributed by atoms with Crippen LogP contribution in [0.1, 0.15) is 31.9 Å². The van der Waals surface area contributed by atoms with Crippen LogP contribution in [0.15, 0.2) is 87.4 Å². The first-order valence-electron chi connectivity index (χ1n) is 13.9. The standard InChI is InChI=1S/C31H29Br2N7O5S/c1-19-8-10-20(11-9-19)25-27(38-18-39-28(25)43-12-13-44-29-34-14-21(32)15-35-29)40-46(41,42)24-7-5-6-23(31(2,3)4)26(24)45-30-36-16-22(33)17-37-30/h5-11,14-18H,12-13H2,1-4H3,(H,38,39,40). The van der Waals surface area contributed by atoms with Crippen molar-refractivity contribution in [3.63, 3.8) is 0 Å². The van der Waals surface area contributed by atoms with E-state index in [0.29, 0.717) is 21.2 Å². The zero-order valence-electron chi connectivity index (χ0n) is 25.2. The molecule has 0 atom stereocenters. The second kappa shape index (κ2) is 14.1. The first kappa shape index (κ1) is 33.2. The van der Waals surface area contributed by atoms with Gasteiger partial charge in [0.1, 0.15) is 24.4 Å². The number of para-hydroxylation sites is 1. The molecule has 0 fully saturated rings. The van der Waals surface area contributed by atoms with Gasteiger partial charge in [-0.25, -0.2) is 38.3 Å². The van der Waals surface area contributed by atoms with Gasteiger partial charge in [-0.1, -0.05) is 62.7 Å². The molecule has 5 rings (SSSR count). The van der Waals surface area contributed by atoms with Crippen molar-refractivity contribution in [2.45, 2.75) is 38.0 Å². The summed E-state index contributed by atoms with van der Waals surface area (Å²) in [6, 6.07) is 12.6. The molecule has 0 aliphatic carbocycles. The van der Waals surface area contributed by atoms with Gasteiger partial charge in [0.15, 0.2) is 11.6 Å². The highest BCUT2D eigenvalue weighted by molar-refractivity contribution is 9.10. The van der Waals surface area contributed by atoms with Crippen LogP contribution < -0.4 is 18.9 Å². The first-order valence-corrected chi connectivity index (χ1v) is 16.9. The van der Waals surface area contributed by atoms with Crippen molar-refractivity contribution in [3.05, 3.63) is 93.7 Å². The number of ether oxygens (including phenoxy) is 3. The summed E-state index contributed by atoms with van der Waals surface area (Å²) < 4.78 is 50.0. The van der Waals surface area contributed by atoms with E-state index in [1.807, 2.05) is 58.0 Å². The lowest BCUT2D eigenvalue weighted by Gasteiger charge is -2.24. The molecule has 5 aromatic rings. The van der Waals surface area contributed by atoms with Gasteiger partial charge in [0.2, 0.25) is 5.88 Å². The van der Waals surface area contributed by atoms with Gasteiger partial charge in [-0.05, 0) is 55.8 Å². The van der Waals surface area contributed by atoms with Crippen LogP contribution >= 0.6 is 31.9 Å². The number of nitrogens with one attached hydrogen (secondary N) is 1. The van der Waals surface area contributed by atoms with Gasteiger partial charge in [-0.3, -0.25) is 4.72 Å². The highest BCUT2D eigenvalue weighted by Gasteiger charge is 2.30. The van der Waals surface area contributed by atoms with Crippen LogP contribution in [0.2, 0.25) is 0 Å². The van der Waals surface area contributed by atoms with Gasteiger partial charge in [-0.15, -0.1) is 0 Å². The van der Waals surface area contributed by atoms with Gasteiger partial charge >= 0.3 is 12.0 Å². The second-order valence-electron chi connectivity index (χ2n) is 10.9. The molecule has 0 saturated carbocycles. The molecule has 2 aromatic carbocycles. The van der Waals surface area contributed by atoms with Crippen molar-refractivity contribution in [2.24, 2.45) is 0 Å². The molecule has 0 unspecified atom stereocenters. The Kier molecular flexibility index (Phi) is 10.1. The molecule has 0 saturated heterocycles. The number of rotatable bonds is 11. The molecular weight excluding hydrogens is 742 g/mol. The third-order valence-electron chi connectivity index (χ3n) is 6.40. The van der Waals surface area contributed by atoms with Crippen LogP contribution in [0.4, 0.5) is 5.82 Å². The van der Waals surface area contributed by atoms with E-state index in [4.69, 9.17) is 14.2 Å². The second-order valence-corrected chi connectivity index (χ2v) is 14.4. The Morgan fingerprint density at radius 2 is 1.39 bits per heavy atom. The predicted molar refractivity (Wildman–Crippen MR) is 179 cm³/mol. The Labute approximate surface area is 283 Å². The molecule has 0 spiro atoms. The molecule has 0 amide bonds. The van der Waals surface area contributed by atoms with E-state index < -0.39 is 15.4 Å². The molecule has 12 nitrogen and oxygen atoms in total. The third kappa shape index (κ3) is 8.13. The number of hydrogen-bond acceptors (Lipinski definition) is 11. The number of sulfonamides is 1. The number of aromatic nitrogens is 6. The van der Waals surface area contributed by atoms with Crippen LogP contribution in [0.5, 0.6) is 23.7 Å². The van der Waals surface area contributed by atoms with Gasteiger partial charge < -0.3 is 14.2 Å². The maximum absolute atomic E-state index is 14.2. The Balaban J connectivity index is 1.50. The van der Waals surface area contributed by atoms with Crippen LogP contribution in [0.3, 0.4) is 0 Å². The van der Waals surface area contributed by atoms with E-state index in [1.54, 1.807) is 18.5 Å². The first-order chi connectivity index (χ1) is 21.9. The average Bonchev–Trinajstić information content (AvgIpc) is 3.01. The van der Waals surface area contributed by atoms with E-state index in [2.05, 4.69) is 66.5 Å². The fourth-order valence-corrected chi connectivity index (χ4v) is 5.82. The van der Waals surface area contributed by atoms with Gasteiger partial charge in [0, 0.05) is 30.4 Å². The summed E-state index contributed by atoms with van der Waals surface area (Å²) in [6.45, 7) is 8.00. The smallest absolute Gasteiger partial charge is 0.321 e. The number of halogens is 2. The molecule has 3 aromatic heterocycles. The topological polar surface area (TPSA) is 151 Å². The summed E-state index contributed by atoms with van der Waals surface area (Å²) >= 11 is 6.59. The van der Waals surface area contributed by atoms with E-state index in [1.165, 1.54) is 24.8 Å². The largest absolute Gasteiger partial charge is 0.473 e. The summed E-state index contributed by atoms with van der Waals surface area (Å²) in [5.41, 5.74) is 2.16. The molecule has 0 bridgehead atoms. The number of benzene rings is 2. The summed E-state index contributed by atoms with van der Waals surface area (Å²) in [5, 5.41) is 0. The Morgan fingerprint density at radius 1 is 0.783 bits per heavy atom. The fraction of sp³-hybridized carbons (Fsp3) is 0.226. The molecule has 15 heteroatoms. The van der Waals surface area contributed by atoms with Gasteiger partial charge in [0.05, 0.1) is 14.5 Å². The van der Waals surface area contributed by atoms with Crippen molar-refractivity contribution >= 4 is 47.7 Å². The number of nitrogens with zero attached hydrogens (tertiary/aromatic N) is 6. The summed E-state index contributed by atoms with van der Waals surface area (Å²) in [4.78, 5) is 25.0. The molecule has 0 radical (unpaired) electrons. The summed E-state index contributed by atoms with van der Waals surface area (Å²) in [7, 11) is -4.31. The van der Waals surface area contributed by atoms with Crippen molar-refractivity contribution in [3.8, 4) is 34.8 Å². The molecule has 1 N–H and O–H groups in total. The maximum atomic E-state index is 14.2. The highest BCUT2D eigenvalue weighted by Crippen LogP contribution is 2.40. The van der Waals surface area contributed by atoms with Crippen LogP contribution in [-0.4, -0.2) is 51.5 Å². The maximum Gasteiger partial charge on any atom is 0.321 e. The summed E-state index contributed by atoms with van der Waals surface area (Å²) in [6.07, 6.45) is 7.40. The lowest BCUT2D eigenvalue weighted by Crippen LogP contribution is -2.20. The highest BCUT2D eigenvalue weighted by atomic mass is 79.9. The quantitative estimate of drug-likeness (QED) is 0.140. The zero-order chi connectivity index (χ0) is 32.9. The average molecular weight is 771 g/mol. The minimum Gasteiger partial charge on any atom is -0.473 e. The molecule has 0 aliphatic rings. The normalized spacial score (nSPS) is 11.6. The lowest BCUT2D eigenvalue weighted by molar-refractivity contribution is 0.202. The molecule has 238 valence electrons. The fourth-order valence-electron chi connectivity index (χ4n) is 4.23. The molecular formula is C31H29Br2N7O5S. The van der Waals surface area contributed by atoms with Gasteiger partial charge in [0.25, 0.3) is 10.0 Å². The van der Waals surface area contributed by atoms with Crippen LogP contribution in [-0.2, 0) is 15.4 Å². The molecule has 0 aliphatic heterocycles. The van der Waals surface area contributed by atoms with E-state index in [0.717, 1.165) is 10.0 Å². The molecule has 46 heavy (non-hydrogen) atoms. The van der Waals surface area contributed by atoms with Crippen LogP contribution in [0, 0.1) is 6.92 Å². The Hall–Kier alpha value is -4.21. The lowest BCUT2D eigenvalue weighted by atomic mass is 9.86. The van der Waals surface area contributed by atoms with Crippen LogP contribution in [0.25, 0.3) is 11.1 Å². The third-order valence-corrected chi connectivity index (χ3v) is 8.58. The SMILES string of the molecule is Cc1ccc(-c2c(NS(=O)(=O)c3cccc(C(C)(C)C)c3Oc3ncc(Br)cn3)ncnc2OCCOc2ncc(Br)cn2)cc1. The van der Waals surface area contributed by atoms with Crippen molar-refractivity contribution in [1.29, 1.82) is 0 Å². The number of anilines is 1. The number of aryl methyl sites for hydroxylation is 1. The zero-order valence-corrected chi connectivity index (χ0v) is 29.2. The van der Waals surface area contributed by atoms with E-state index in [9.17, 15) is 8.42 Å². The summed E-state index contributed by atoms with van der Waals surface area (Å²) in [5.74, 6) is 0.262. The van der Waals surface area contributed by atoms with E-state index >= 15 is 0 Å². The monoisotopic (exact) mass is 769 g/mol. The minimum atomic E-state index is -4.31. The minimum absolute atomic E-state index is 0.00910. The van der Waals surface area contributed by atoms with Crippen molar-refractivity contribution in [1.82, 2.24) is 29.9 Å². The Morgan fingerprint density at radius 3 is 2.02 bits per heavy atom.